The zero-order chi connectivity index (χ0) is 21.5. The summed E-state index contributed by atoms with van der Waals surface area (Å²) in [4.78, 5) is 18.4. The number of nitrogens with one attached hydrogen (secondary N) is 1. The van der Waals surface area contributed by atoms with Gasteiger partial charge < -0.3 is 5.11 Å². The average Bonchev–Trinajstić information content (AvgIpc) is 3.17. The Labute approximate surface area is 183 Å². The summed E-state index contributed by atoms with van der Waals surface area (Å²) >= 11 is 6.09. The first-order chi connectivity index (χ1) is 15.0. The van der Waals surface area contributed by atoms with Gasteiger partial charge in [0.05, 0.1) is 27.5 Å². The maximum Gasteiger partial charge on any atom is 0.280 e. The molecule has 0 spiro atoms. The van der Waals surface area contributed by atoms with Gasteiger partial charge >= 0.3 is 0 Å². The van der Waals surface area contributed by atoms with E-state index in [-0.39, 0.29) is 16.3 Å². The molecule has 3 aromatic carbocycles. The van der Waals surface area contributed by atoms with Crippen LogP contribution in [-0.4, -0.2) is 19.7 Å². The van der Waals surface area contributed by atoms with Crippen LogP contribution in [0.25, 0.3) is 39.2 Å². The minimum Gasteiger partial charge on any atom is -0.506 e. The number of halogens is 1. The molecule has 0 atom stereocenters. The quantitative estimate of drug-likeness (QED) is 0.388. The third kappa shape index (κ3) is 3.20. The van der Waals surface area contributed by atoms with Gasteiger partial charge in [0.1, 0.15) is 5.75 Å². The standard InChI is InChI=1S/C25H18ClN3O2/c1-15-21(18-12-13-20(30)19(26)14-18)25(31)29-24(27-15)22(16-8-4-2-5-9-16)23(28-29)17-10-6-3-7-11-17/h2-14,28,30H,1H3. The number of H-pyrrole nitrogens is 1. The Hall–Kier alpha value is -3.83. The summed E-state index contributed by atoms with van der Waals surface area (Å²) in [6.07, 6.45) is 0. The van der Waals surface area contributed by atoms with Gasteiger partial charge in [0.25, 0.3) is 5.56 Å². The van der Waals surface area contributed by atoms with Crippen molar-refractivity contribution in [3.05, 3.63) is 99.9 Å². The van der Waals surface area contributed by atoms with Crippen LogP contribution < -0.4 is 5.56 Å². The van der Waals surface area contributed by atoms with Crippen LogP contribution in [0.5, 0.6) is 5.75 Å². The topological polar surface area (TPSA) is 70.4 Å². The summed E-state index contributed by atoms with van der Waals surface area (Å²) in [5.41, 5.74) is 5.54. The Balaban J connectivity index is 1.86. The fraction of sp³-hybridized carbons (Fsp3) is 0.0400. The molecule has 2 heterocycles. The van der Waals surface area contributed by atoms with E-state index in [1.807, 2.05) is 67.6 Å². The van der Waals surface area contributed by atoms with Gasteiger partial charge in [0.2, 0.25) is 0 Å². The smallest absolute Gasteiger partial charge is 0.280 e. The predicted octanol–water partition coefficient (Wildman–Crippen LogP) is 5.69. The molecule has 0 saturated carbocycles. The monoisotopic (exact) mass is 427 g/mol. The van der Waals surface area contributed by atoms with Crippen molar-refractivity contribution in [3.8, 4) is 39.3 Å². The minimum atomic E-state index is -0.233. The number of phenols is 1. The lowest BCUT2D eigenvalue weighted by Gasteiger charge is -2.08. The fourth-order valence-corrected chi connectivity index (χ4v) is 4.05. The second-order valence-electron chi connectivity index (χ2n) is 7.30. The van der Waals surface area contributed by atoms with Gasteiger partial charge in [-0.05, 0) is 30.2 Å². The molecule has 0 aliphatic carbocycles. The number of rotatable bonds is 3. The van der Waals surface area contributed by atoms with Gasteiger partial charge in [-0.25, -0.2) is 4.98 Å². The highest BCUT2D eigenvalue weighted by Crippen LogP contribution is 2.35. The first-order valence-corrected chi connectivity index (χ1v) is 10.2. The van der Waals surface area contributed by atoms with E-state index in [0.29, 0.717) is 22.5 Å². The van der Waals surface area contributed by atoms with E-state index >= 15 is 0 Å². The van der Waals surface area contributed by atoms with Crippen LogP contribution in [0.3, 0.4) is 0 Å². The van der Waals surface area contributed by atoms with Crippen molar-refractivity contribution >= 4 is 17.2 Å². The van der Waals surface area contributed by atoms with Crippen LogP contribution in [0.4, 0.5) is 0 Å². The van der Waals surface area contributed by atoms with E-state index in [1.165, 1.54) is 10.6 Å². The Morgan fingerprint density at radius 1 is 0.871 bits per heavy atom. The van der Waals surface area contributed by atoms with E-state index < -0.39 is 0 Å². The molecule has 5 nitrogen and oxygen atoms in total. The molecule has 0 fully saturated rings. The van der Waals surface area contributed by atoms with Crippen molar-refractivity contribution in [2.45, 2.75) is 6.92 Å². The maximum atomic E-state index is 13.6. The highest BCUT2D eigenvalue weighted by molar-refractivity contribution is 6.32. The second-order valence-corrected chi connectivity index (χ2v) is 7.70. The number of benzene rings is 3. The van der Waals surface area contributed by atoms with Crippen molar-refractivity contribution < 1.29 is 5.11 Å². The Bertz CT molecular complexity index is 1470. The summed E-state index contributed by atoms with van der Waals surface area (Å²) in [7, 11) is 0. The molecule has 0 amide bonds. The van der Waals surface area contributed by atoms with Gasteiger partial charge in [-0.2, -0.15) is 4.52 Å². The first-order valence-electron chi connectivity index (χ1n) is 9.79. The summed E-state index contributed by atoms with van der Waals surface area (Å²) < 4.78 is 1.48. The SMILES string of the molecule is Cc1nc2c(-c3ccccc3)c(-c3ccccc3)[nH]n2c(=O)c1-c1ccc(O)c(Cl)c1. The zero-order valence-electron chi connectivity index (χ0n) is 16.6. The summed E-state index contributed by atoms with van der Waals surface area (Å²) in [5.74, 6) is -0.0326. The fourth-order valence-electron chi connectivity index (χ4n) is 3.87. The Kier molecular flexibility index (Phi) is 4.60. The van der Waals surface area contributed by atoms with Crippen LogP contribution >= 0.6 is 11.6 Å². The van der Waals surface area contributed by atoms with Crippen molar-refractivity contribution in [3.63, 3.8) is 0 Å². The van der Waals surface area contributed by atoms with Crippen molar-refractivity contribution in [2.24, 2.45) is 0 Å². The van der Waals surface area contributed by atoms with E-state index in [2.05, 4.69) is 5.10 Å². The van der Waals surface area contributed by atoms with E-state index in [0.717, 1.165) is 22.4 Å². The summed E-state index contributed by atoms with van der Waals surface area (Å²) in [6, 6.07) is 24.5. The number of phenolic OH excluding ortho intramolecular Hbond substituents is 1. The number of aryl methyl sites for hydroxylation is 1. The molecule has 2 aromatic heterocycles. The Morgan fingerprint density at radius 2 is 1.52 bits per heavy atom. The maximum absolute atomic E-state index is 13.6. The van der Waals surface area contributed by atoms with E-state index in [4.69, 9.17) is 16.6 Å². The molecule has 0 bridgehead atoms. The molecule has 2 N–H and O–H groups in total. The molecule has 0 saturated heterocycles. The van der Waals surface area contributed by atoms with Gasteiger partial charge in [0, 0.05) is 5.56 Å². The number of nitrogens with zero attached hydrogens (tertiary/aromatic N) is 2. The summed E-state index contributed by atoms with van der Waals surface area (Å²) in [6.45, 7) is 1.81. The number of aromatic nitrogens is 3. The molecule has 5 rings (SSSR count). The third-order valence-electron chi connectivity index (χ3n) is 5.32. The van der Waals surface area contributed by atoms with E-state index in [1.54, 1.807) is 12.1 Å². The normalized spacial score (nSPS) is 11.2. The van der Waals surface area contributed by atoms with Gasteiger partial charge in [-0.1, -0.05) is 78.3 Å². The molecule has 5 aromatic rings. The molecular formula is C25H18ClN3O2. The average molecular weight is 428 g/mol. The van der Waals surface area contributed by atoms with Crippen molar-refractivity contribution in [1.82, 2.24) is 14.6 Å². The molecule has 31 heavy (non-hydrogen) atoms. The minimum absolute atomic E-state index is 0.0326. The van der Waals surface area contributed by atoms with Crippen LogP contribution in [0.1, 0.15) is 5.69 Å². The number of aromatic hydroxyl groups is 1. The van der Waals surface area contributed by atoms with Gasteiger partial charge in [-0.15, -0.1) is 0 Å². The molecule has 152 valence electrons. The van der Waals surface area contributed by atoms with Crippen LogP contribution in [0.2, 0.25) is 5.02 Å². The lowest BCUT2D eigenvalue weighted by Crippen LogP contribution is -2.19. The molecule has 0 unspecified atom stereocenters. The molecule has 0 radical (unpaired) electrons. The zero-order valence-corrected chi connectivity index (χ0v) is 17.4. The summed E-state index contributed by atoms with van der Waals surface area (Å²) in [5, 5.41) is 13.2. The predicted molar refractivity (Wildman–Crippen MR) is 124 cm³/mol. The van der Waals surface area contributed by atoms with Gasteiger partial charge in [0.15, 0.2) is 5.65 Å². The number of hydrogen-bond acceptors (Lipinski definition) is 3. The van der Waals surface area contributed by atoms with Crippen LogP contribution in [0, 0.1) is 6.92 Å². The first kappa shape index (κ1) is 19.2. The van der Waals surface area contributed by atoms with Crippen molar-refractivity contribution in [1.29, 1.82) is 0 Å². The highest BCUT2D eigenvalue weighted by Gasteiger charge is 2.21. The van der Waals surface area contributed by atoms with E-state index in [9.17, 15) is 9.90 Å². The third-order valence-corrected chi connectivity index (χ3v) is 5.63. The Morgan fingerprint density at radius 3 is 2.16 bits per heavy atom. The second kappa shape index (κ2) is 7.45. The molecule has 0 aliphatic rings. The highest BCUT2D eigenvalue weighted by atomic mass is 35.5. The number of aromatic amines is 1. The van der Waals surface area contributed by atoms with Crippen LogP contribution in [0.15, 0.2) is 83.7 Å². The number of hydrogen-bond donors (Lipinski definition) is 2. The van der Waals surface area contributed by atoms with Crippen molar-refractivity contribution in [2.75, 3.05) is 0 Å². The largest absolute Gasteiger partial charge is 0.506 e. The molecule has 6 heteroatoms. The lowest BCUT2D eigenvalue weighted by atomic mass is 10.0. The van der Waals surface area contributed by atoms with Crippen LogP contribution in [-0.2, 0) is 0 Å². The van der Waals surface area contributed by atoms with Gasteiger partial charge in [-0.3, -0.25) is 9.89 Å². The molecular weight excluding hydrogens is 410 g/mol. The number of fused-ring (bicyclic) bond motifs is 1. The lowest BCUT2D eigenvalue weighted by molar-refractivity contribution is 0.475. The molecule has 0 aliphatic heterocycles.